The molecular formula is C38H49N3O12. The number of aliphatic hydroxyl groups is 2. The number of ether oxygens (including phenoxy) is 4. The summed E-state index contributed by atoms with van der Waals surface area (Å²) in [5.74, 6) is -3.22. The number of carbonyl (C=O) groups is 3. The van der Waals surface area contributed by atoms with Gasteiger partial charge in [-0.15, -0.1) is 0 Å². The Labute approximate surface area is 307 Å². The number of phenolic OH excluding ortho intramolecular Hbond substituents is 3. The van der Waals surface area contributed by atoms with Crippen LogP contribution in [0.5, 0.6) is 23.0 Å². The Hall–Kier alpha value is -5.12. The van der Waals surface area contributed by atoms with E-state index in [1.165, 1.54) is 53.2 Å². The van der Waals surface area contributed by atoms with E-state index in [4.69, 9.17) is 24.8 Å². The molecule has 2 aromatic carbocycles. The number of esters is 1. The predicted octanol–water partition coefficient (Wildman–Crippen LogP) is 4.05. The van der Waals surface area contributed by atoms with Crippen molar-refractivity contribution in [1.29, 1.82) is 0 Å². The first kappa shape index (κ1) is 40.6. The maximum atomic E-state index is 14.1. The van der Waals surface area contributed by atoms with E-state index in [0.717, 1.165) is 6.21 Å². The molecule has 3 aliphatic rings. The zero-order valence-electron chi connectivity index (χ0n) is 31.2. The van der Waals surface area contributed by atoms with Gasteiger partial charge in [0, 0.05) is 61.2 Å². The van der Waals surface area contributed by atoms with Gasteiger partial charge in [0.05, 0.1) is 53.0 Å². The Bertz CT molecular complexity index is 1900. The van der Waals surface area contributed by atoms with E-state index in [0.29, 0.717) is 0 Å². The normalized spacial score (nSPS) is 30.0. The van der Waals surface area contributed by atoms with Gasteiger partial charge < -0.3 is 55.6 Å². The molecule has 5 bridgehead atoms. The number of allylic oxidation sites excluding steroid dienone is 2. The highest BCUT2D eigenvalue weighted by molar-refractivity contribution is 6.23. The standard InChI is InChI=1S/C38H49N3O12/c1-16-11-10-12-17(2)37(49)41-28-23(15-40-39)32(46)25-26(33(28)47)31(45)21(6)35-27(25)36(48)38(8,53-35)51-14-13-24(50-9)18(3)34(52-22(7)42)20(5)30(44)19(4)29(16)43/h10-16,18-20,24,29-30,34,43-47H,39H2,1-9H3,(H,41,49). The Morgan fingerprint density at radius 3 is 2.25 bits per heavy atom. The van der Waals surface area contributed by atoms with Crippen molar-refractivity contribution in [2.24, 2.45) is 34.6 Å². The van der Waals surface area contributed by atoms with Crippen molar-refractivity contribution in [2.75, 3.05) is 12.4 Å². The molecule has 0 aromatic heterocycles. The lowest BCUT2D eigenvalue weighted by Crippen LogP contribution is -2.46. The van der Waals surface area contributed by atoms with Crippen molar-refractivity contribution in [3.63, 3.8) is 0 Å². The topological polar surface area (TPSA) is 240 Å². The molecule has 15 nitrogen and oxygen atoms in total. The number of phenols is 3. The first-order chi connectivity index (χ1) is 24.8. The zero-order valence-corrected chi connectivity index (χ0v) is 31.2. The van der Waals surface area contributed by atoms with Crippen molar-refractivity contribution in [1.82, 2.24) is 0 Å². The number of rotatable bonds is 3. The van der Waals surface area contributed by atoms with Crippen LogP contribution in [0.1, 0.15) is 70.0 Å². The number of hydrogen-bond donors (Lipinski definition) is 7. The zero-order chi connectivity index (χ0) is 39.7. The predicted molar refractivity (Wildman–Crippen MR) is 196 cm³/mol. The smallest absolute Gasteiger partial charge is 0.312 e. The van der Waals surface area contributed by atoms with Gasteiger partial charge in [-0.2, -0.15) is 5.10 Å². The summed E-state index contributed by atoms with van der Waals surface area (Å²) in [6, 6.07) is 0. The second-order valence-electron chi connectivity index (χ2n) is 13.9. The van der Waals surface area contributed by atoms with Crippen LogP contribution >= 0.6 is 0 Å². The number of hydrogen-bond acceptors (Lipinski definition) is 14. The highest BCUT2D eigenvalue weighted by atomic mass is 16.7. The molecule has 9 atom stereocenters. The molecule has 1 amide bonds. The summed E-state index contributed by atoms with van der Waals surface area (Å²) in [7, 11) is 1.42. The van der Waals surface area contributed by atoms with Gasteiger partial charge in [-0.1, -0.05) is 45.9 Å². The van der Waals surface area contributed by atoms with Gasteiger partial charge in [-0.3, -0.25) is 14.4 Å². The third kappa shape index (κ3) is 7.54. The van der Waals surface area contributed by atoms with Crippen LogP contribution in [0, 0.1) is 30.6 Å². The van der Waals surface area contributed by atoms with Crippen LogP contribution in [0.25, 0.3) is 10.8 Å². The first-order valence-corrected chi connectivity index (χ1v) is 17.1. The molecule has 0 fully saturated rings. The van der Waals surface area contributed by atoms with Crippen molar-refractivity contribution in [3.8, 4) is 23.0 Å². The Kier molecular flexibility index (Phi) is 12.2. The number of nitrogens with zero attached hydrogens (tertiary/aromatic N) is 1. The minimum Gasteiger partial charge on any atom is -0.507 e. The van der Waals surface area contributed by atoms with Crippen LogP contribution in [0.2, 0.25) is 0 Å². The summed E-state index contributed by atoms with van der Waals surface area (Å²) in [6.07, 6.45) is 4.36. The monoisotopic (exact) mass is 739 g/mol. The number of aliphatic hydroxyl groups excluding tert-OH is 2. The number of hydrazone groups is 1. The fraction of sp³-hybridized carbons (Fsp3) is 0.474. The van der Waals surface area contributed by atoms with Crippen LogP contribution in [-0.2, 0) is 23.8 Å². The molecule has 0 aliphatic carbocycles. The minimum atomic E-state index is -2.05. The minimum absolute atomic E-state index is 0.0294. The number of nitrogens with one attached hydrogen (secondary N) is 1. The number of methoxy groups -OCH3 is 1. The summed E-state index contributed by atoms with van der Waals surface area (Å²) in [5, 5.41) is 62.5. The molecule has 15 heteroatoms. The fourth-order valence-electron chi connectivity index (χ4n) is 6.95. The van der Waals surface area contributed by atoms with Crippen LogP contribution in [-0.4, -0.2) is 86.7 Å². The van der Waals surface area contributed by atoms with Crippen LogP contribution < -0.4 is 15.9 Å². The van der Waals surface area contributed by atoms with Gasteiger partial charge >= 0.3 is 11.8 Å². The maximum absolute atomic E-state index is 14.1. The van der Waals surface area contributed by atoms with E-state index in [9.17, 15) is 39.9 Å². The molecule has 8 N–H and O–H groups in total. The first-order valence-electron chi connectivity index (χ1n) is 17.1. The van der Waals surface area contributed by atoms with Gasteiger partial charge in [-0.25, -0.2) is 0 Å². The summed E-state index contributed by atoms with van der Waals surface area (Å²) in [4.78, 5) is 39.8. The summed E-state index contributed by atoms with van der Waals surface area (Å²) in [6.45, 7) is 12.3. The van der Waals surface area contributed by atoms with Crippen molar-refractivity contribution in [3.05, 3.63) is 52.8 Å². The number of amides is 1. The fourth-order valence-corrected chi connectivity index (χ4v) is 6.95. The highest BCUT2D eigenvalue weighted by Crippen LogP contribution is 2.55. The lowest BCUT2D eigenvalue weighted by atomic mass is 9.78. The molecule has 3 heterocycles. The highest BCUT2D eigenvalue weighted by Gasteiger charge is 2.50. The van der Waals surface area contributed by atoms with E-state index in [-0.39, 0.29) is 44.5 Å². The van der Waals surface area contributed by atoms with Gasteiger partial charge in [0.25, 0.3) is 11.7 Å². The second kappa shape index (κ2) is 15.9. The Morgan fingerprint density at radius 1 is 0.981 bits per heavy atom. The van der Waals surface area contributed by atoms with E-state index >= 15 is 0 Å². The summed E-state index contributed by atoms with van der Waals surface area (Å²) in [5.41, 5.74) is -0.677. The molecule has 0 saturated carbocycles. The average molecular weight is 740 g/mol. The van der Waals surface area contributed by atoms with E-state index in [1.54, 1.807) is 39.8 Å². The summed E-state index contributed by atoms with van der Waals surface area (Å²) < 4.78 is 23.3. The number of ketones is 1. The largest absolute Gasteiger partial charge is 0.507 e. The SMILES string of the molecule is COC1C=COC2(C)Oc3c(C)c(O)c4c(O)c(c(C=NN)c(O)c4c3C2=O)NC(=O)C(C)=CC=CC(C)C(O)C(C)C(O)C(C)C(OC(C)=O)C1C. The van der Waals surface area contributed by atoms with Crippen molar-refractivity contribution < 1.29 is 58.9 Å². The molecule has 0 spiro atoms. The number of aromatic hydroxyl groups is 3. The molecule has 53 heavy (non-hydrogen) atoms. The number of benzene rings is 2. The number of carbonyl (C=O) groups excluding carboxylic acids is 3. The van der Waals surface area contributed by atoms with Crippen molar-refractivity contribution in [2.45, 2.75) is 85.6 Å². The number of anilines is 1. The van der Waals surface area contributed by atoms with E-state index in [1.807, 2.05) is 0 Å². The average Bonchev–Trinajstić information content (AvgIpc) is 3.38. The van der Waals surface area contributed by atoms with Gasteiger partial charge in [0.2, 0.25) is 0 Å². The Balaban J connectivity index is 1.95. The molecule has 3 aliphatic heterocycles. The quantitative estimate of drug-likeness (QED) is 0.0588. The molecule has 5 rings (SSSR count). The van der Waals surface area contributed by atoms with Gasteiger partial charge in [0.1, 0.15) is 23.4 Å². The number of fused-ring (bicyclic) bond motifs is 14. The molecule has 0 radical (unpaired) electrons. The molecule has 2 aromatic rings. The lowest BCUT2D eigenvalue weighted by molar-refractivity contribution is -0.160. The van der Waals surface area contributed by atoms with E-state index in [2.05, 4.69) is 10.4 Å². The molecule has 0 saturated heterocycles. The second-order valence-corrected chi connectivity index (χ2v) is 13.9. The van der Waals surface area contributed by atoms with Crippen LogP contribution in [0.15, 0.2) is 41.2 Å². The van der Waals surface area contributed by atoms with Gasteiger partial charge in [0.15, 0.2) is 5.75 Å². The Morgan fingerprint density at radius 2 is 1.64 bits per heavy atom. The number of Topliss-reactive ketones (excluding diaryl/α,β-unsaturated/α-hetero) is 1. The maximum Gasteiger partial charge on any atom is 0.312 e. The van der Waals surface area contributed by atoms with E-state index < -0.39 is 88.8 Å². The third-order valence-corrected chi connectivity index (χ3v) is 10.2. The molecule has 288 valence electrons. The lowest BCUT2D eigenvalue weighted by Gasteiger charge is -2.38. The van der Waals surface area contributed by atoms with Crippen LogP contribution in [0.4, 0.5) is 5.69 Å². The van der Waals surface area contributed by atoms with Crippen LogP contribution in [0.3, 0.4) is 0 Å². The summed E-state index contributed by atoms with van der Waals surface area (Å²) >= 11 is 0. The third-order valence-electron chi connectivity index (χ3n) is 10.2. The van der Waals surface area contributed by atoms with Gasteiger partial charge in [-0.05, 0) is 19.9 Å². The number of nitrogens with two attached hydrogens (primary N) is 1. The van der Waals surface area contributed by atoms with Crippen molar-refractivity contribution >= 4 is 40.3 Å². The molecular weight excluding hydrogens is 690 g/mol. The molecule has 9 unspecified atom stereocenters.